The van der Waals surface area contributed by atoms with Crippen molar-refractivity contribution >= 4 is 35.3 Å². The third-order valence-corrected chi connectivity index (χ3v) is 4.44. The fourth-order valence-electron chi connectivity index (χ4n) is 1.87. The van der Waals surface area contributed by atoms with Crippen LogP contribution in [0.2, 0.25) is 5.02 Å². The quantitative estimate of drug-likeness (QED) is 0.775. The summed E-state index contributed by atoms with van der Waals surface area (Å²) in [6.45, 7) is 0. The SMILES string of the molecule is CN(c1ccc(C=O)c(Cl)c1)C1CCSC1. The van der Waals surface area contributed by atoms with Crippen LogP contribution >= 0.6 is 23.4 Å². The number of carbonyl (C=O) groups is 1. The van der Waals surface area contributed by atoms with Gasteiger partial charge in [-0.15, -0.1) is 0 Å². The van der Waals surface area contributed by atoms with E-state index in [0.717, 1.165) is 12.0 Å². The van der Waals surface area contributed by atoms with E-state index in [4.69, 9.17) is 11.6 Å². The Morgan fingerprint density at radius 3 is 2.94 bits per heavy atom. The lowest BCUT2D eigenvalue weighted by molar-refractivity contribution is 0.112. The number of halogens is 1. The van der Waals surface area contributed by atoms with Crippen LogP contribution in [0.4, 0.5) is 5.69 Å². The molecule has 0 saturated carbocycles. The fraction of sp³-hybridized carbons (Fsp3) is 0.417. The van der Waals surface area contributed by atoms with E-state index in [1.165, 1.54) is 17.9 Å². The van der Waals surface area contributed by atoms with E-state index >= 15 is 0 Å². The Hall–Kier alpha value is -0.670. The van der Waals surface area contributed by atoms with E-state index in [2.05, 4.69) is 11.9 Å². The molecular formula is C12H14ClNOS. The number of hydrogen-bond acceptors (Lipinski definition) is 3. The van der Waals surface area contributed by atoms with Crippen molar-refractivity contribution in [1.29, 1.82) is 0 Å². The molecule has 0 aliphatic carbocycles. The number of hydrogen-bond donors (Lipinski definition) is 0. The summed E-state index contributed by atoms with van der Waals surface area (Å²) in [6.07, 6.45) is 2.01. The van der Waals surface area contributed by atoms with Crippen LogP contribution in [-0.4, -0.2) is 30.9 Å². The maximum atomic E-state index is 10.7. The minimum Gasteiger partial charge on any atom is -0.371 e. The van der Waals surface area contributed by atoms with Crippen LogP contribution in [-0.2, 0) is 0 Å². The van der Waals surface area contributed by atoms with Crippen LogP contribution in [0.15, 0.2) is 18.2 Å². The van der Waals surface area contributed by atoms with Gasteiger partial charge in [-0.25, -0.2) is 0 Å². The minimum absolute atomic E-state index is 0.532. The molecule has 1 aliphatic rings. The van der Waals surface area contributed by atoms with Gasteiger partial charge in [0, 0.05) is 30.1 Å². The largest absolute Gasteiger partial charge is 0.371 e. The molecule has 1 saturated heterocycles. The molecule has 16 heavy (non-hydrogen) atoms. The average Bonchev–Trinajstić information content (AvgIpc) is 2.81. The van der Waals surface area contributed by atoms with Crippen molar-refractivity contribution in [3.8, 4) is 0 Å². The van der Waals surface area contributed by atoms with Gasteiger partial charge in [-0.2, -0.15) is 11.8 Å². The molecule has 4 heteroatoms. The van der Waals surface area contributed by atoms with Crippen molar-refractivity contribution in [3.63, 3.8) is 0 Å². The van der Waals surface area contributed by atoms with Crippen molar-refractivity contribution in [1.82, 2.24) is 0 Å². The maximum Gasteiger partial charge on any atom is 0.151 e. The first-order valence-corrected chi connectivity index (χ1v) is 6.81. The van der Waals surface area contributed by atoms with Crippen LogP contribution in [0.25, 0.3) is 0 Å². The van der Waals surface area contributed by atoms with Gasteiger partial charge in [-0.05, 0) is 30.4 Å². The summed E-state index contributed by atoms with van der Waals surface area (Å²) in [4.78, 5) is 12.9. The second kappa shape index (κ2) is 5.11. The summed E-state index contributed by atoms with van der Waals surface area (Å²) in [5, 5.41) is 0.532. The van der Waals surface area contributed by atoms with Crippen molar-refractivity contribution in [2.24, 2.45) is 0 Å². The zero-order chi connectivity index (χ0) is 11.5. The fourth-order valence-corrected chi connectivity index (χ4v) is 3.36. The van der Waals surface area contributed by atoms with Gasteiger partial charge in [-0.1, -0.05) is 11.6 Å². The van der Waals surface area contributed by atoms with E-state index in [1.54, 1.807) is 6.07 Å². The van der Waals surface area contributed by atoms with Gasteiger partial charge < -0.3 is 4.90 Å². The molecule has 2 rings (SSSR count). The van der Waals surface area contributed by atoms with Gasteiger partial charge in [0.15, 0.2) is 6.29 Å². The number of nitrogens with zero attached hydrogens (tertiary/aromatic N) is 1. The molecule has 1 fully saturated rings. The molecule has 86 valence electrons. The third kappa shape index (κ3) is 2.36. The zero-order valence-electron chi connectivity index (χ0n) is 9.15. The minimum atomic E-state index is 0.532. The number of rotatable bonds is 3. The summed E-state index contributed by atoms with van der Waals surface area (Å²) >= 11 is 8.00. The first-order valence-electron chi connectivity index (χ1n) is 5.27. The van der Waals surface area contributed by atoms with Crippen LogP contribution in [0.3, 0.4) is 0 Å². The van der Waals surface area contributed by atoms with Gasteiger partial charge in [-0.3, -0.25) is 4.79 Å². The predicted molar refractivity (Wildman–Crippen MR) is 71.0 cm³/mol. The van der Waals surface area contributed by atoms with E-state index in [-0.39, 0.29) is 0 Å². The molecular weight excluding hydrogens is 242 g/mol. The van der Waals surface area contributed by atoms with E-state index in [0.29, 0.717) is 16.6 Å². The van der Waals surface area contributed by atoms with Crippen molar-refractivity contribution in [3.05, 3.63) is 28.8 Å². The molecule has 0 radical (unpaired) electrons. The number of thioether (sulfide) groups is 1. The molecule has 1 unspecified atom stereocenters. The molecule has 0 bridgehead atoms. The van der Waals surface area contributed by atoms with Crippen LogP contribution in [0.5, 0.6) is 0 Å². The molecule has 1 aromatic rings. The zero-order valence-corrected chi connectivity index (χ0v) is 10.7. The number of benzene rings is 1. The van der Waals surface area contributed by atoms with Gasteiger partial charge in [0.05, 0.1) is 5.02 Å². The summed E-state index contributed by atoms with van der Waals surface area (Å²) in [6, 6.07) is 6.19. The highest BCUT2D eigenvalue weighted by Crippen LogP contribution is 2.28. The predicted octanol–water partition coefficient (Wildman–Crippen LogP) is 3.09. The Bertz CT molecular complexity index is 391. The second-order valence-electron chi connectivity index (χ2n) is 3.95. The summed E-state index contributed by atoms with van der Waals surface area (Å²) in [5.74, 6) is 2.40. The highest BCUT2D eigenvalue weighted by molar-refractivity contribution is 7.99. The monoisotopic (exact) mass is 255 g/mol. The second-order valence-corrected chi connectivity index (χ2v) is 5.51. The maximum absolute atomic E-state index is 10.7. The molecule has 1 aliphatic heterocycles. The Morgan fingerprint density at radius 1 is 1.56 bits per heavy atom. The Balaban J connectivity index is 2.19. The van der Waals surface area contributed by atoms with Gasteiger partial charge in [0.25, 0.3) is 0 Å². The van der Waals surface area contributed by atoms with Gasteiger partial charge >= 0.3 is 0 Å². The summed E-state index contributed by atoms with van der Waals surface area (Å²) in [5.41, 5.74) is 1.64. The first kappa shape index (κ1) is 11.8. The highest BCUT2D eigenvalue weighted by atomic mass is 35.5. The van der Waals surface area contributed by atoms with Crippen LogP contribution in [0.1, 0.15) is 16.8 Å². The average molecular weight is 256 g/mol. The summed E-state index contributed by atoms with van der Waals surface area (Å²) < 4.78 is 0. The Kier molecular flexibility index (Phi) is 3.77. The Morgan fingerprint density at radius 2 is 2.38 bits per heavy atom. The number of aldehydes is 1. The molecule has 1 aromatic carbocycles. The van der Waals surface area contributed by atoms with E-state index in [1.807, 2.05) is 23.9 Å². The lowest BCUT2D eigenvalue weighted by atomic mass is 10.1. The first-order chi connectivity index (χ1) is 7.72. The van der Waals surface area contributed by atoms with Crippen molar-refractivity contribution in [2.75, 3.05) is 23.5 Å². The third-order valence-electron chi connectivity index (χ3n) is 2.97. The van der Waals surface area contributed by atoms with Crippen LogP contribution < -0.4 is 4.90 Å². The molecule has 2 nitrogen and oxygen atoms in total. The smallest absolute Gasteiger partial charge is 0.151 e. The lowest BCUT2D eigenvalue weighted by Gasteiger charge is -2.26. The highest BCUT2D eigenvalue weighted by Gasteiger charge is 2.20. The van der Waals surface area contributed by atoms with Crippen molar-refractivity contribution < 1.29 is 4.79 Å². The molecule has 0 aromatic heterocycles. The summed E-state index contributed by atoms with van der Waals surface area (Å²) in [7, 11) is 2.09. The normalized spacial score (nSPS) is 19.8. The van der Waals surface area contributed by atoms with E-state index in [9.17, 15) is 4.79 Å². The van der Waals surface area contributed by atoms with E-state index < -0.39 is 0 Å². The van der Waals surface area contributed by atoms with Gasteiger partial charge in [0.1, 0.15) is 0 Å². The molecule has 0 N–H and O–H groups in total. The Labute approximate surface area is 105 Å². The van der Waals surface area contributed by atoms with Gasteiger partial charge in [0.2, 0.25) is 0 Å². The molecule has 1 heterocycles. The van der Waals surface area contributed by atoms with Crippen molar-refractivity contribution in [2.45, 2.75) is 12.5 Å². The topological polar surface area (TPSA) is 20.3 Å². The molecule has 0 amide bonds. The number of anilines is 1. The molecule has 0 spiro atoms. The molecule has 1 atom stereocenters. The van der Waals surface area contributed by atoms with Crippen LogP contribution in [0, 0.1) is 0 Å². The standard InChI is InChI=1S/C12H14ClNOS/c1-14(11-4-5-16-8-11)10-3-2-9(7-15)12(13)6-10/h2-3,6-7,11H,4-5,8H2,1H3. The lowest BCUT2D eigenvalue weighted by Crippen LogP contribution is -2.31. The number of carbonyl (C=O) groups excluding carboxylic acids is 1.